The summed E-state index contributed by atoms with van der Waals surface area (Å²) >= 11 is 0. The molecule has 0 saturated carbocycles. The average Bonchev–Trinajstić information content (AvgIpc) is 2.55. The Balaban J connectivity index is 1.65. The number of rotatable bonds is 8. The van der Waals surface area contributed by atoms with Gasteiger partial charge in [0.2, 0.25) is 0 Å². The monoisotopic (exact) mass is 330 g/mol. The second-order valence-electron chi connectivity index (χ2n) is 6.91. The molecule has 0 amide bonds. The van der Waals surface area contributed by atoms with E-state index in [-0.39, 0.29) is 12.2 Å². The van der Waals surface area contributed by atoms with Crippen molar-refractivity contribution in [1.29, 1.82) is 0 Å². The summed E-state index contributed by atoms with van der Waals surface area (Å²) in [4.78, 5) is 4.88. The molecule has 6 nitrogen and oxygen atoms in total. The maximum atomic E-state index is 5.95. The number of nitrogens with zero attached hydrogens (tertiary/aromatic N) is 2. The molecule has 2 rings (SSSR count). The van der Waals surface area contributed by atoms with E-state index in [0.29, 0.717) is 25.3 Å². The van der Waals surface area contributed by atoms with E-state index < -0.39 is 0 Å². The molecule has 2 fully saturated rings. The van der Waals surface area contributed by atoms with Crippen molar-refractivity contribution in [1.82, 2.24) is 9.80 Å². The third kappa shape index (κ3) is 6.29. The van der Waals surface area contributed by atoms with Crippen molar-refractivity contribution in [2.75, 3.05) is 66.3 Å². The van der Waals surface area contributed by atoms with Gasteiger partial charge in [-0.15, -0.1) is 0 Å². The maximum Gasteiger partial charge on any atom is 0.0935 e. The van der Waals surface area contributed by atoms with Gasteiger partial charge in [0, 0.05) is 45.4 Å². The molecule has 2 aliphatic rings. The minimum absolute atomic E-state index is 0.178. The highest BCUT2D eigenvalue weighted by Gasteiger charge is 2.25. The molecule has 0 N–H and O–H groups in total. The number of morpholine rings is 2. The van der Waals surface area contributed by atoms with Crippen molar-refractivity contribution in [2.45, 2.75) is 45.1 Å². The molecular weight excluding hydrogens is 296 g/mol. The summed E-state index contributed by atoms with van der Waals surface area (Å²) in [6, 6.07) is 0.967. The van der Waals surface area contributed by atoms with Crippen molar-refractivity contribution in [2.24, 2.45) is 0 Å². The molecule has 1 unspecified atom stereocenters. The first-order chi connectivity index (χ1) is 11.1. The lowest BCUT2D eigenvalue weighted by Crippen LogP contribution is -2.50. The zero-order valence-corrected chi connectivity index (χ0v) is 15.2. The van der Waals surface area contributed by atoms with Crippen LogP contribution in [-0.2, 0) is 18.9 Å². The SMILES string of the molecule is COC[C@@H]1CN(C(C)COC[C@H]2CN(C(C)C)CCO2)CCO1. The van der Waals surface area contributed by atoms with Gasteiger partial charge in [-0.3, -0.25) is 9.80 Å². The smallest absolute Gasteiger partial charge is 0.0935 e. The minimum atomic E-state index is 0.178. The predicted molar refractivity (Wildman–Crippen MR) is 89.9 cm³/mol. The summed E-state index contributed by atoms with van der Waals surface area (Å²) < 4.78 is 22.7. The highest BCUT2D eigenvalue weighted by molar-refractivity contribution is 4.77. The Hall–Kier alpha value is -0.240. The summed E-state index contributed by atoms with van der Waals surface area (Å²) in [6.07, 6.45) is 0.377. The summed E-state index contributed by atoms with van der Waals surface area (Å²) in [6.45, 7) is 14.2. The Morgan fingerprint density at radius 1 is 0.957 bits per heavy atom. The third-order valence-electron chi connectivity index (χ3n) is 4.71. The van der Waals surface area contributed by atoms with Crippen LogP contribution in [-0.4, -0.2) is 100 Å². The van der Waals surface area contributed by atoms with Gasteiger partial charge < -0.3 is 18.9 Å². The standard InChI is InChI=1S/C17H34N2O4/c1-14(2)18-5-7-23-17(9-18)13-21-11-15(3)19-6-8-22-16(10-19)12-20-4/h14-17H,5-13H2,1-4H3/t15?,16-,17+/m0/s1. The van der Waals surface area contributed by atoms with E-state index in [9.17, 15) is 0 Å². The third-order valence-corrected chi connectivity index (χ3v) is 4.71. The van der Waals surface area contributed by atoms with Crippen molar-refractivity contribution in [3.63, 3.8) is 0 Å². The predicted octanol–water partition coefficient (Wildman–Crippen LogP) is 0.848. The summed E-state index contributed by atoms with van der Waals surface area (Å²) in [5, 5.41) is 0. The van der Waals surface area contributed by atoms with E-state index in [1.54, 1.807) is 7.11 Å². The van der Waals surface area contributed by atoms with Crippen LogP contribution in [0.5, 0.6) is 0 Å². The second-order valence-corrected chi connectivity index (χ2v) is 6.91. The fraction of sp³-hybridized carbons (Fsp3) is 1.00. The lowest BCUT2D eigenvalue weighted by molar-refractivity contribution is -0.0962. The Kier molecular flexibility index (Phi) is 8.23. The first kappa shape index (κ1) is 19.1. The quantitative estimate of drug-likeness (QED) is 0.657. The molecule has 0 spiro atoms. The van der Waals surface area contributed by atoms with Crippen LogP contribution in [0.15, 0.2) is 0 Å². The second kappa shape index (κ2) is 9.91. The Morgan fingerprint density at radius 3 is 2.22 bits per heavy atom. The zero-order chi connectivity index (χ0) is 16.7. The van der Waals surface area contributed by atoms with Crippen LogP contribution in [0.3, 0.4) is 0 Å². The van der Waals surface area contributed by atoms with E-state index in [2.05, 4.69) is 30.6 Å². The molecule has 2 aliphatic heterocycles. The van der Waals surface area contributed by atoms with Gasteiger partial charge in [0.1, 0.15) is 0 Å². The molecular formula is C17H34N2O4. The van der Waals surface area contributed by atoms with Crippen LogP contribution in [0.25, 0.3) is 0 Å². The van der Waals surface area contributed by atoms with Crippen LogP contribution in [0, 0.1) is 0 Å². The van der Waals surface area contributed by atoms with Crippen LogP contribution >= 0.6 is 0 Å². The van der Waals surface area contributed by atoms with Crippen LogP contribution < -0.4 is 0 Å². The molecule has 6 heteroatoms. The van der Waals surface area contributed by atoms with Gasteiger partial charge in [-0.2, -0.15) is 0 Å². The molecule has 23 heavy (non-hydrogen) atoms. The highest BCUT2D eigenvalue weighted by Crippen LogP contribution is 2.12. The summed E-state index contributed by atoms with van der Waals surface area (Å²) in [7, 11) is 1.72. The maximum absolute atomic E-state index is 5.95. The molecule has 0 aromatic rings. The molecule has 0 aliphatic carbocycles. The van der Waals surface area contributed by atoms with E-state index in [1.165, 1.54) is 0 Å². The lowest BCUT2D eigenvalue weighted by atomic mass is 10.2. The fourth-order valence-electron chi connectivity index (χ4n) is 3.22. The fourth-order valence-corrected chi connectivity index (χ4v) is 3.22. The molecule has 0 radical (unpaired) electrons. The van der Waals surface area contributed by atoms with E-state index in [1.807, 2.05) is 0 Å². The van der Waals surface area contributed by atoms with Crippen LogP contribution in [0.1, 0.15) is 20.8 Å². The minimum Gasteiger partial charge on any atom is -0.382 e. The lowest BCUT2D eigenvalue weighted by Gasteiger charge is -2.37. The van der Waals surface area contributed by atoms with Gasteiger partial charge in [-0.25, -0.2) is 0 Å². The molecule has 136 valence electrons. The van der Waals surface area contributed by atoms with Crippen LogP contribution in [0.4, 0.5) is 0 Å². The number of methoxy groups -OCH3 is 1. The molecule has 0 aromatic heterocycles. The van der Waals surface area contributed by atoms with Crippen molar-refractivity contribution >= 4 is 0 Å². The van der Waals surface area contributed by atoms with Crippen molar-refractivity contribution in [3.05, 3.63) is 0 Å². The Bertz CT molecular complexity index is 328. The van der Waals surface area contributed by atoms with Gasteiger partial charge in [0.15, 0.2) is 0 Å². The largest absolute Gasteiger partial charge is 0.382 e. The first-order valence-electron chi connectivity index (χ1n) is 8.88. The molecule has 0 aromatic carbocycles. The Labute approximate surface area is 141 Å². The van der Waals surface area contributed by atoms with Crippen molar-refractivity contribution in [3.8, 4) is 0 Å². The zero-order valence-electron chi connectivity index (χ0n) is 15.2. The number of hydrogen-bond donors (Lipinski definition) is 0. The van der Waals surface area contributed by atoms with Crippen LogP contribution in [0.2, 0.25) is 0 Å². The van der Waals surface area contributed by atoms with Gasteiger partial charge in [0.05, 0.1) is 45.2 Å². The molecule has 2 heterocycles. The number of ether oxygens (including phenoxy) is 4. The average molecular weight is 330 g/mol. The summed E-state index contributed by atoms with van der Waals surface area (Å²) in [5.74, 6) is 0. The van der Waals surface area contributed by atoms with Gasteiger partial charge >= 0.3 is 0 Å². The van der Waals surface area contributed by atoms with Gasteiger partial charge in [-0.05, 0) is 20.8 Å². The molecule has 3 atom stereocenters. The molecule has 0 bridgehead atoms. The highest BCUT2D eigenvalue weighted by atomic mass is 16.5. The van der Waals surface area contributed by atoms with E-state index in [0.717, 1.165) is 46.0 Å². The number of hydrogen-bond acceptors (Lipinski definition) is 6. The molecule has 2 saturated heterocycles. The normalized spacial score (nSPS) is 29.1. The van der Waals surface area contributed by atoms with E-state index in [4.69, 9.17) is 18.9 Å². The van der Waals surface area contributed by atoms with E-state index >= 15 is 0 Å². The first-order valence-corrected chi connectivity index (χ1v) is 8.88. The summed E-state index contributed by atoms with van der Waals surface area (Å²) in [5.41, 5.74) is 0. The Morgan fingerprint density at radius 2 is 1.57 bits per heavy atom. The topological polar surface area (TPSA) is 43.4 Å². The van der Waals surface area contributed by atoms with Gasteiger partial charge in [0.25, 0.3) is 0 Å². The van der Waals surface area contributed by atoms with Gasteiger partial charge in [-0.1, -0.05) is 0 Å². The van der Waals surface area contributed by atoms with Crippen molar-refractivity contribution < 1.29 is 18.9 Å².